The van der Waals surface area contributed by atoms with Gasteiger partial charge in [0.1, 0.15) is 24.6 Å². The molecule has 0 amide bonds. The van der Waals surface area contributed by atoms with Gasteiger partial charge in [0.25, 0.3) is 0 Å². The molecule has 0 aromatic carbocycles. The van der Waals surface area contributed by atoms with E-state index in [-0.39, 0.29) is 11.7 Å². The molecule has 1 unspecified atom stereocenters. The second kappa shape index (κ2) is 4.37. The lowest BCUT2D eigenvalue weighted by atomic mass is 10.1. The first-order valence-corrected chi connectivity index (χ1v) is 4.92. The van der Waals surface area contributed by atoms with Crippen molar-refractivity contribution in [3.05, 3.63) is 12.2 Å². The largest absolute Gasteiger partial charge is 0.394 e. The van der Waals surface area contributed by atoms with Gasteiger partial charge >= 0.3 is 0 Å². The highest BCUT2D eigenvalue weighted by atomic mass is 16.6. The van der Waals surface area contributed by atoms with Gasteiger partial charge in [0.2, 0.25) is 5.82 Å². The number of hydrogen-bond donors (Lipinski definition) is 5. The summed E-state index contributed by atoms with van der Waals surface area (Å²) in [5.74, 6) is -0.307. The number of aromatic nitrogens is 3. The van der Waals surface area contributed by atoms with Gasteiger partial charge in [-0.05, 0) is 0 Å². The second-order valence-electron chi connectivity index (χ2n) is 3.69. The van der Waals surface area contributed by atoms with Crippen LogP contribution in [0.5, 0.6) is 0 Å². The number of aliphatic hydroxyl groups excluding tert-OH is 3. The van der Waals surface area contributed by atoms with Crippen LogP contribution in [0.1, 0.15) is 12.1 Å². The van der Waals surface area contributed by atoms with Crippen LogP contribution >= 0.6 is 0 Å². The topological polar surface area (TPSA) is 150 Å². The predicted octanol–water partition coefficient (Wildman–Crippen LogP) is -2.83. The van der Waals surface area contributed by atoms with Crippen molar-refractivity contribution in [3.8, 4) is 0 Å². The predicted molar refractivity (Wildman–Crippen MR) is 54.0 cm³/mol. The molecule has 9 heteroatoms. The van der Waals surface area contributed by atoms with Gasteiger partial charge in [0, 0.05) is 0 Å². The molecule has 1 aliphatic rings. The summed E-state index contributed by atoms with van der Waals surface area (Å²) in [5.41, 5.74) is 5.19. The van der Waals surface area contributed by atoms with Crippen molar-refractivity contribution in [2.45, 2.75) is 24.5 Å². The van der Waals surface area contributed by atoms with Gasteiger partial charge in [-0.25, -0.2) is 9.67 Å². The fraction of sp³-hybridized carbons (Fsp3) is 0.625. The molecular formula is C8H13N5O4. The van der Waals surface area contributed by atoms with E-state index in [9.17, 15) is 10.2 Å². The molecule has 0 radical (unpaired) electrons. The molecule has 1 aromatic rings. The molecule has 0 aliphatic carbocycles. The zero-order valence-corrected chi connectivity index (χ0v) is 8.76. The monoisotopic (exact) mass is 243 g/mol. The van der Waals surface area contributed by atoms with Crippen molar-refractivity contribution in [2.24, 2.45) is 5.73 Å². The summed E-state index contributed by atoms with van der Waals surface area (Å²) in [4.78, 5) is 3.74. The van der Waals surface area contributed by atoms with Crippen molar-refractivity contribution in [1.29, 1.82) is 5.41 Å². The lowest BCUT2D eigenvalue weighted by molar-refractivity contribution is -0.0588. The van der Waals surface area contributed by atoms with Crippen molar-refractivity contribution in [2.75, 3.05) is 6.61 Å². The summed E-state index contributed by atoms with van der Waals surface area (Å²) in [6.07, 6.45) is -3.02. The SMILES string of the molecule is N=C(N)c1ncn(C2O[C@H](CO)[C@H](O)[C@@H]2O)n1. The smallest absolute Gasteiger partial charge is 0.215 e. The maximum atomic E-state index is 9.70. The molecular weight excluding hydrogens is 230 g/mol. The molecule has 94 valence electrons. The van der Waals surface area contributed by atoms with E-state index in [2.05, 4.69) is 10.1 Å². The third-order valence-corrected chi connectivity index (χ3v) is 2.53. The highest BCUT2D eigenvalue weighted by molar-refractivity contribution is 5.90. The molecule has 0 saturated carbocycles. The molecule has 1 fully saturated rings. The molecule has 9 nitrogen and oxygen atoms in total. The number of nitrogens with two attached hydrogens (primary N) is 1. The van der Waals surface area contributed by atoms with Crippen LogP contribution in [-0.2, 0) is 4.74 Å². The second-order valence-corrected chi connectivity index (χ2v) is 3.69. The van der Waals surface area contributed by atoms with Gasteiger partial charge in [-0.3, -0.25) is 5.41 Å². The van der Waals surface area contributed by atoms with Crippen molar-refractivity contribution < 1.29 is 20.1 Å². The number of nitrogens with one attached hydrogen (secondary N) is 1. The summed E-state index contributed by atoms with van der Waals surface area (Å²) in [5, 5.41) is 39.1. The Morgan fingerprint density at radius 2 is 2.24 bits per heavy atom. The first kappa shape index (κ1) is 11.9. The van der Waals surface area contributed by atoms with Crippen LogP contribution in [0.2, 0.25) is 0 Å². The quantitative estimate of drug-likeness (QED) is 0.283. The van der Waals surface area contributed by atoms with Crippen molar-refractivity contribution >= 4 is 5.84 Å². The summed E-state index contributed by atoms with van der Waals surface area (Å²) < 4.78 is 6.37. The average molecular weight is 243 g/mol. The molecule has 6 N–H and O–H groups in total. The number of ether oxygens (including phenoxy) is 1. The molecule has 2 rings (SSSR count). The summed E-state index contributed by atoms with van der Waals surface area (Å²) >= 11 is 0. The first-order valence-electron chi connectivity index (χ1n) is 4.92. The van der Waals surface area contributed by atoms with Crippen molar-refractivity contribution in [1.82, 2.24) is 14.8 Å². The Hall–Kier alpha value is -1.55. The summed E-state index contributed by atoms with van der Waals surface area (Å²) in [6, 6.07) is 0. The van der Waals surface area contributed by atoms with Gasteiger partial charge < -0.3 is 25.8 Å². The number of nitrogen functional groups attached to an aromatic ring is 1. The van der Waals surface area contributed by atoms with Crippen LogP contribution in [0, 0.1) is 5.41 Å². The van der Waals surface area contributed by atoms with Crippen molar-refractivity contribution in [3.63, 3.8) is 0 Å². The van der Waals surface area contributed by atoms with E-state index in [1.165, 1.54) is 6.33 Å². The number of hydrogen-bond acceptors (Lipinski definition) is 7. The van der Waals surface area contributed by atoms with Gasteiger partial charge in [0.15, 0.2) is 12.1 Å². The highest BCUT2D eigenvalue weighted by Crippen LogP contribution is 2.28. The molecule has 0 bridgehead atoms. The Bertz CT molecular complexity index is 422. The van der Waals surface area contributed by atoms with Gasteiger partial charge in [0.05, 0.1) is 6.61 Å². The van der Waals surface area contributed by atoms with E-state index >= 15 is 0 Å². The summed E-state index contributed by atoms with van der Waals surface area (Å²) in [7, 11) is 0. The van der Waals surface area contributed by atoms with Crippen LogP contribution in [0.15, 0.2) is 6.33 Å². The third kappa shape index (κ3) is 2.00. The van der Waals surface area contributed by atoms with E-state index in [0.29, 0.717) is 0 Å². The van der Waals surface area contributed by atoms with Crippen LogP contribution in [-0.4, -0.2) is 60.8 Å². The Balaban J connectivity index is 2.19. The van der Waals surface area contributed by atoms with E-state index in [4.69, 9.17) is 21.0 Å². The standard InChI is InChI=1S/C8H13N5O4/c9-6(10)7-11-2-13(12-7)8-5(16)4(15)3(1-14)17-8/h2-5,8,14-16H,1H2,(H3,9,10)/t3-,4+,5+,8?/m1/s1. The maximum Gasteiger partial charge on any atom is 0.215 e. The number of nitrogens with zero attached hydrogens (tertiary/aromatic N) is 3. The number of aliphatic hydroxyl groups is 3. The third-order valence-electron chi connectivity index (χ3n) is 2.53. The van der Waals surface area contributed by atoms with Gasteiger partial charge in [-0.15, -0.1) is 5.10 Å². The number of amidine groups is 1. The molecule has 0 spiro atoms. The molecule has 1 aromatic heterocycles. The normalized spacial score (nSPS) is 32.9. The highest BCUT2D eigenvalue weighted by Gasteiger charge is 2.43. The minimum Gasteiger partial charge on any atom is -0.394 e. The van der Waals surface area contributed by atoms with E-state index in [1.54, 1.807) is 0 Å². The number of rotatable bonds is 3. The van der Waals surface area contributed by atoms with E-state index < -0.39 is 31.1 Å². The van der Waals surface area contributed by atoms with Crippen LogP contribution < -0.4 is 5.73 Å². The van der Waals surface area contributed by atoms with Crippen LogP contribution in [0.4, 0.5) is 0 Å². The Labute approximate surface area is 96.0 Å². The Morgan fingerprint density at radius 3 is 2.71 bits per heavy atom. The first-order chi connectivity index (χ1) is 8.04. The molecule has 1 aliphatic heterocycles. The molecule has 4 atom stereocenters. The summed E-state index contributed by atoms with van der Waals surface area (Å²) in [6.45, 7) is -0.414. The molecule has 2 heterocycles. The minimum absolute atomic E-state index is 0.00254. The Kier molecular flexibility index (Phi) is 3.07. The van der Waals surface area contributed by atoms with Gasteiger partial charge in [-0.2, -0.15) is 0 Å². The Morgan fingerprint density at radius 1 is 1.53 bits per heavy atom. The maximum absolute atomic E-state index is 9.70. The van der Waals surface area contributed by atoms with Crippen LogP contribution in [0.25, 0.3) is 0 Å². The fourth-order valence-electron chi connectivity index (χ4n) is 1.62. The fourth-order valence-corrected chi connectivity index (χ4v) is 1.62. The van der Waals surface area contributed by atoms with E-state index in [0.717, 1.165) is 4.68 Å². The zero-order valence-electron chi connectivity index (χ0n) is 8.76. The average Bonchev–Trinajstić information content (AvgIpc) is 2.87. The van der Waals surface area contributed by atoms with Gasteiger partial charge in [-0.1, -0.05) is 0 Å². The molecule has 1 saturated heterocycles. The van der Waals surface area contributed by atoms with E-state index in [1.807, 2.05) is 0 Å². The molecule has 17 heavy (non-hydrogen) atoms. The minimum atomic E-state index is -1.23. The van der Waals surface area contributed by atoms with Crippen LogP contribution in [0.3, 0.4) is 0 Å². The lowest BCUT2D eigenvalue weighted by Gasteiger charge is -2.13. The lowest BCUT2D eigenvalue weighted by Crippen LogP contribution is -2.33. The zero-order chi connectivity index (χ0) is 12.6.